The number of hydrogen-bond acceptors (Lipinski definition) is 6. The Morgan fingerprint density at radius 3 is 2.53 bits per heavy atom. The summed E-state index contributed by atoms with van der Waals surface area (Å²) in [5, 5.41) is 11.6. The fourth-order valence-electron chi connectivity index (χ4n) is 3.88. The van der Waals surface area contributed by atoms with Gasteiger partial charge in [0.15, 0.2) is 11.5 Å². The number of fused-ring (bicyclic) bond motifs is 1. The lowest BCUT2D eigenvalue weighted by molar-refractivity contribution is 0.0299. The zero-order valence-corrected chi connectivity index (χ0v) is 19.1. The number of benzene rings is 2. The van der Waals surface area contributed by atoms with Gasteiger partial charge in [0.25, 0.3) is 0 Å². The number of aliphatic hydroxyl groups is 1. The lowest BCUT2D eigenvalue weighted by Crippen LogP contribution is -2.34. The van der Waals surface area contributed by atoms with E-state index >= 15 is 0 Å². The van der Waals surface area contributed by atoms with Gasteiger partial charge in [-0.25, -0.2) is 0 Å². The van der Waals surface area contributed by atoms with Gasteiger partial charge in [0.05, 0.1) is 19.8 Å². The first-order valence-electron chi connectivity index (χ1n) is 9.99. The summed E-state index contributed by atoms with van der Waals surface area (Å²) in [7, 11) is 7.12. The van der Waals surface area contributed by atoms with Crippen molar-refractivity contribution in [2.75, 3.05) is 48.0 Å². The van der Waals surface area contributed by atoms with Crippen molar-refractivity contribution in [1.82, 2.24) is 9.80 Å². The first-order valence-corrected chi connectivity index (χ1v) is 10.4. The molecule has 2 aromatic carbocycles. The number of likely N-dealkylation sites (N-methyl/N-ethyl adjacent to an activating group) is 1. The van der Waals surface area contributed by atoms with E-state index in [2.05, 4.69) is 4.90 Å². The van der Waals surface area contributed by atoms with Gasteiger partial charge in [-0.05, 0) is 50.3 Å². The van der Waals surface area contributed by atoms with Crippen molar-refractivity contribution in [3.05, 3.63) is 52.0 Å². The number of halogens is 1. The van der Waals surface area contributed by atoms with Crippen molar-refractivity contribution in [3.63, 3.8) is 0 Å². The van der Waals surface area contributed by atoms with Crippen molar-refractivity contribution in [2.24, 2.45) is 0 Å². The summed E-state index contributed by atoms with van der Waals surface area (Å²) < 4.78 is 16.7. The van der Waals surface area contributed by atoms with Crippen molar-refractivity contribution < 1.29 is 19.3 Å². The largest absolute Gasteiger partial charge is 0.493 e. The van der Waals surface area contributed by atoms with Gasteiger partial charge >= 0.3 is 0 Å². The molecule has 0 aromatic heterocycles. The zero-order valence-electron chi connectivity index (χ0n) is 18.4. The number of nitrogens with zero attached hydrogens (tertiary/aromatic N) is 2. The van der Waals surface area contributed by atoms with Crippen LogP contribution in [-0.4, -0.2) is 62.9 Å². The highest BCUT2D eigenvalue weighted by atomic mass is 35.5. The van der Waals surface area contributed by atoms with Crippen LogP contribution >= 0.6 is 11.6 Å². The maximum absolute atomic E-state index is 10.9. The Morgan fingerprint density at radius 2 is 1.87 bits per heavy atom. The van der Waals surface area contributed by atoms with Crippen LogP contribution in [-0.2, 0) is 18.7 Å². The minimum absolute atomic E-state index is 0.539. The average molecular weight is 435 g/mol. The Hall–Kier alpha value is -1.99. The minimum atomic E-state index is -0.942. The zero-order chi connectivity index (χ0) is 21.9. The molecule has 6 nitrogen and oxygen atoms in total. The fraction of sp³-hybridized carbons (Fsp3) is 0.478. The molecular formula is C23H31ClN2O4. The second kappa shape index (κ2) is 9.43. The number of hydrogen-bond donors (Lipinski definition) is 1. The van der Waals surface area contributed by atoms with Crippen LogP contribution in [0, 0.1) is 0 Å². The molecule has 1 unspecified atom stereocenters. The summed E-state index contributed by atoms with van der Waals surface area (Å²) >= 11 is 6.50. The molecule has 1 atom stereocenters. The Morgan fingerprint density at radius 1 is 1.17 bits per heavy atom. The number of methoxy groups -OCH3 is 2. The standard InChI is InChI=1S/C23H31ClN2O4/c1-23(27,15-25(2)3)18-6-7-20-17(10-18)14-26(8-9-30-20)13-16-11-21(28-4)22(29-5)12-19(16)24/h6-7,10-12,27H,8-9,13-15H2,1-5H3. The Kier molecular flexibility index (Phi) is 7.14. The van der Waals surface area contributed by atoms with Crippen LogP contribution in [0.3, 0.4) is 0 Å². The van der Waals surface area contributed by atoms with Gasteiger partial charge in [-0.15, -0.1) is 0 Å². The second-order valence-electron chi connectivity index (χ2n) is 8.19. The molecule has 2 aromatic rings. The summed E-state index contributed by atoms with van der Waals surface area (Å²) in [6.45, 7) is 5.09. The summed E-state index contributed by atoms with van der Waals surface area (Å²) in [5.41, 5.74) is 1.96. The Labute approximate surface area is 183 Å². The molecule has 30 heavy (non-hydrogen) atoms. The minimum Gasteiger partial charge on any atom is -0.493 e. The van der Waals surface area contributed by atoms with Crippen LogP contribution in [0.15, 0.2) is 30.3 Å². The quantitative estimate of drug-likeness (QED) is 0.719. The predicted molar refractivity (Wildman–Crippen MR) is 119 cm³/mol. The van der Waals surface area contributed by atoms with Crippen LogP contribution in [0.5, 0.6) is 17.2 Å². The van der Waals surface area contributed by atoms with E-state index in [1.807, 2.05) is 50.2 Å². The van der Waals surface area contributed by atoms with E-state index in [-0.39, 0.29) is 0 Å². The van der Waals surface area contributed by atoms with Crippen molar-refractivity contribution in [2.45, 2.75) is 25.6 Å². The summed E-state index contributed by atoms with van der Waals surface area (Å²) in [6, 6.07) is 9.67. The third-order valence-electron chi connectivity index (χ3n) is 5.31. The van der Waals surface area contributed by atoms with E-state index in [1.165, 1.54) is 0 Å². The molecule has 0 amide bonds. The third kappa shape index (κ3) is 5.19. The third-order valence-corrected chi connectivity index (χ3v) is 5.66. The summed E-state index contributed by atoms with van der Waals surface area (Å²) in [5.74, 6) is 2.13. The van der Waals surface area contributed by atoms with E-state index in [9.17, 15) is 5.11 Å². The van der Waals surface area contributed by atoms with Crippen LogP contribution < -0.4 is 14.2 Å². The van der Waals surface area contributed by atoms with Crippen molar-refractivity contribution in [3.8, 4) is 17.2 Å². The van der Waals surface area contributed by atoms with Gasteiger partial charge in [0, 0.05) is 42.8 Å². The molecule has 1 N–H and O–H groups in total. The molecule has 7 heteroatoms. The normalized spacial score (nSPS) is 16.4. The Balaban J connectivity index is 1.84. The molecule has 0 saturated heterocycles. The molecule has 3 rings (SSSR count). The van der Waals surface area contributed by atoms with Crippen LogP contribution in [0.25, 0.3) is 0 Å². The van der Waals surface area contributed by atoms with Crippen LogP contribution in [0.4, 0.5) is 0 Å². The average Bonchev–Trinajstić information content (AvgIpc) is 2.89. The molecule has 164 valence electrons. The summed E-state index contributed by atoms with van der Waals surface area (Å²) in [4.78, 5) is 4.26. The topological polar surface area (TPSA) is 54.4 Å². The summed E-state index contributed by atoms with van der Waals surface area (Å²) in [6.07, 6.45) is 0. The highest BCUT2D eigenvalue weighted by molar-refractivity contribution is 6.31. The Bertz CT molecular complexity index is 886. The molecule has 0 aliphatic carbocycles. The molecular weight excluding hydrogens is 404 g/mol. The number of rotatable bonds is 7. The monoisotopic (exact) mass is 434 g/mol. The van der Waals surface area contributed by atoms with Gasteiger partial charge in [-0.2, -0.15) is 0 Å². The van der Waals surface area contributed by atoms with E-state index in [1.54, 1.807) is 20.3 Å². The second-order valence-corrected chi connectivity index (χ2v) is 8.60. The molecule has 0 saturated carbocycles. The van der Waals surface area contributed by atoms with Gasteiger partial charge in [0.2, 0.25) is 0 Å². The molecule has 1 heterocycles. The van der Waals surface area contributed by atoms with Gasteiger partial charge in [0.1, 0.15) is 12.4 Å². The molecule has 0 fully saturated rings. The molecule has 0 spiro atoms. The van der Waals surface area contributed by atoms with Gasteiger partial charge in [-0.3, -0.25) is 4.90 Å². The van der Waals surface area contributed by atoms with E-state index in [0.29, 0.717) is 42.8 Å². The SMILES string of the molecule is COc1cc(Cl)c(CN2CCOc3ccc(C(C)(O)CN(C)C)cc3C2)cc1OC. The lowest BCUT2D eigenvalue weighted by Gasteiger charge is -2.28. The molecule has 0 bridgehead atoms. The highest BCUT2D eigenvalue weighted by Gasteiger charge is 2.26. The predicted octanol–water partition coefficient (Wildman–Crippen LogP) is 3.52. The van der Waals surface area contributed by atoms with Crippen molar-refractivity contribution in [1.29, 1.82) is 0 Å². The van der Waals surface area contributed by atoms with Crippen LogP contribution in [0.1, 0.15) is 23.6 Å². The first-order chi connectivity index (χ1) is 14.2. The molecule has 1 aliphatic rings. The highest BCUT2D eigenvalue weighted by Crippen LogP contribution is 2.35. The van der Waals surface area contributed by atoms with Gasteiger partial charge < -0.3 is 24.2 Å². The maximum atomic E-state index is 10.9. The molecule has 1 aliphatic heterocycles. The van der Waals surface area contributed by atoms with E-state index < -0.39 is 5.60 Å². The lowest BCUT2D eigenvalue weighted by atomic mass is 9.93. The molecule has 0 radical (unpaired) electrons. The number of ether oxygens (including phenoxy) is 3. The maximum Gasteiger partial charge on any atom is 0.162 e. The van der Waals surface area contributed by atoms with Gasteiger partial charge in [-0.1, -0.05) is 17.7 Å². The smallest absolute Gasteiger partial charge is 0.162 e. The first kappa shape index (κ1) is 22.7. The fourth-order valence-corrected chi connectivity index (χ4v) is 4.10. The van der Waals surface area contributed by atoms with Crippen LogP contribution in [0.2, 0.25) is 5.02 Å². The van der Waals surface area contributed by atoms with Crippen molar-refractivity contribution >= 4 is 11.6 Å². The van der Waals surface area contributed by atoms with E-state index in [0.717, 1.165) is 29.0 Å². The van der Waals surface area contributed by atoms with E-state index in [4.69, 9.17) is 25.8 Å².